The van der Waals surface area contributed by atoms with Crippen LogP contribution in [0, 0.1) is 5.92 Å². The van der Waals surface area contributed by atoms with Crippen LogP contribution < -0.4 is 5.32 Å². The lowest BCUT2D eigenvalue weighted by Gasteiger charge is -2.30. The molecule has 1 aliphatic heterocycles. The Labute approximate surface area is 89.1 Å². The highest BCUT2D eigenvalue weighted by Gasteiger charge is 2.25. The van der Waals surface area contributed by atoms with E-state index >= 15 is 0 Å². The topological polar surface area (TPSA) is 15.3 Å². The van der Waals surface area contributed by atoms with Crippen LogP contribution in [0.15, 0.2) is 0 Å². The second-order valence-corrected chi connectivity index (χ2v) is 4.64. The highest BCUT2D eigenvalue weighted by atomic mass is 15.2. The lowest BCUT2D eigenvalue weighted by atomic mass is 10.0. The van der Waals surface area contributed by atoms with Gasteiger partial charge in [0.05, 0.1) is 0 Å². The molecule has 84 valence electrons. The van der Waals surface area contributed by atoms with Crippen LogP contribution in [0.1, 0.15) is 40.5 Å². The van der Waals surface area contributed by atoms with Crippen LogP contribution in [0.2, 0.25) is 0 Å². The molecule has 0 aromatic heterocycles. The van der Waals surface area contributed by atoms with Crippen LogP contribution in [0.25, 0.3) is 0 Å². The van der Waals surface area contributed by atoms with Crippen molar-refractivity contribution in [3.63, 3.8) is 0 Å². The third kappa shape index (κ3) is 2.96. The van der Waals surface area contributed by atoms with Gasteiger partial charge in [-0.1, -0.05) is 13.8 Å². The van der Waals surface area contributed by atoms with E-state index in [1.54, 1.807) is 0 Å². The van der Waals surface area contributed by atoms with Crippen LogP contribution in [-0.2, 0) is 0 Å². The monoisotopic (exact) mass is 198 g/mol. The molecule has 1 saturated heterocycles. The Morgan fingerprint density at radius 2 is 2.14 bits per heavy atom. The molecule has 0 bridgehead atoms. The van der Waals surface area contributed by atoms with E-state index in [0.29, 0.717) is 6.04 Å². The normalized spacial score (nSPS) is 29.8. The van der Waals surface area contributed by atoms with E-state index in [0.717, 1.165) is 12.0 Å². The second-order valence-electron chi connectivity index (χ2n) is 4.64. The minimum atomic E-state index is 0.716. The molecule has 14 heavy (non-hydrogen) atoms. The van der Waals surface area contributed by atoms with E-state index in [2.05, 4.69) is 37.9 Å². The first kappa shape index (κ1) is 12.0. The van der Waals surface area contributed by atoms with Gasteiger partial charge in [0, 0.05) is 18.6 Å². The van der Waals surface area contributed by atoms with Crippen LogP contribution in [-0.4, -0.2) is 36.6 Å². The molecule has 1 fully saturated rings. The highest BCUT2D eigenvalue weighted by Crippen LogP contribution is 2.18. The average Bonchev–Trinajstić information content (AvgIpc) is 2.59. The van der Waals surface area contributed by atoms with Gasteiger partial charge in [-0.3, -0.25) is 0 Å². The fraction of sp³-hybridized carbons (Fsp3) is 1.00. The van der Waals surface area contributed by atoms with Crippen molar-refractivity contribution < 1.29 is 0 Å². The van der Waals surface area contributed by atoms with E-state index in [4.69, 9.17) is 0 Å². The van der Waals surface area contributed by atoms with E-state index < -0.39 is 0 Å². The van der Waals surface area contributed by atoms with Gasteiger partial charge in [0.1, 0.15) is 0 Å². The molecular weight excluding hydrogens is 172 g/mol. The Morgan fingerprint density at radius 3 is 2.57 bits per heavy atom. The second kappa shape index (κ2) is 5.72. The molecule has 1 heterocycles. The Kier molecular flexibility index (Phi) is 4.90. The predicted molar refractivity (Wildman–Crippen MR) is 62.6 cm³/mol. The summed E-state index contributed by atoms with van der Waals surface area (Å²) >= 11 is 0. The van der Waals surface area contributed by atoms with Crippen LogP contribution >= 0.6 is 0 Å². The fourth-order valence-electron chi connectivity index (χ4n) is 2.34. The third-order valence-electron chi connectivity index (χ3n) is 3.78. The maximum absolute atomic E-state index is 3.53. The molecule has 1 rings (SSSR count). The van der Waals surface area contributed by atoms with Crippen molar-refractivity contribution in [3.8, 4) is 0 Å². The van der Waals surface area contributed by atoms with Gasteiger partial charge >= 0.3 is 0 Å². The van der Waals surface area contributed by atoms with Crippen molar-refractivity contribution in [1.29, 1.82) is 0 Å². The molecule has 0 radical (unpaired) electrons. The SMILES string of the molecule is CCC(C)N(CC)CC1CCNC1C. The molecule has 0 aromatic carbocycles. The van der Waals surface area contributed by atoms with Crippen molar-refractivity contribution >= 4 is 0 Å². The number of nitrogens with one attached hydrogen (secondary N) is 1. The minimum Gasteiger partial charge on any atom is -0.314 e. The largest absolute Gasteiger partial charge is 0.314 e. The first-order valence-corrected chi connectivity index (χ1v) is 6.16. The van der Waals surface area contributed by atoms with Crippen molar-refractivity contribution in [2.45, 2.75) is 52.6 Å². The van der Waals surface area contributed by atoms with Crippen molar-refractivity contribution in [2.24, 2.45) is 5.92 Å². The van der Waals surface area contributed by atoms with Gasteiger partial charge in [0.15, 0.2) is 0 Å². The Bertz CT molecular complexity index is 158. The molecule has 3 atom stereocenters. The van der Waals surface area contributed by atoms with Gasteiger partial charge in [0.2, 0.25) is 0 Å². The summed E-state index contributed by atoms with van der Waals surface area (Å²) in [6.07, 6.45) is 2.62. The summed E-state index contributed by atoms with van der Waals surface area (Å²) in [5.74, 6) is 0.865. The zero-order chi connectivity index (χ0) is 10.6. The van der Waals surface area contributed by atoms with Gasteiger partial charge in [-0.05, 0) is 45.7 Å². The Morgan fingerprint density at radius 1 is 1.43 bits per heavy atom. The summed E-state index contributed by atoms with van der Waals surface area (Å²) in [6.45, 7) is 12.9. The van der Waals surface area contributed by atoms with E-state index in [-0.39, 0.29) is 0 Å². The van der Waals surface area contributed by atoms with Crippen LogP contribution in [0.3, 0.4) is 0 Å². The van der Waals surface area contributed by atoms with Crippen molar-refractivity contribution in [1.82, 2.24) is 10.2 Å². The zero-order valence-corrected chi connectivity index (χ0v) is 10.2. The predicted octanol–water partition coefficient (Wildman–Crippen LogP) is 2.10. The molecule has 0 saturated carbocycles. The lowest BCUT2D eigenvalue weighted by Crippen LogP contribution is -2.39. The third-order valence-corrected chi connectivity index (χ3v) is 3.78. The molecule has 0 amide bonds. The van der Waals surface area contributed by atoms with E-state index in [9.17, 15) is 0 Å². The number of hydrogen-bond acceptors (Lipinski definition) is 2. The molecule has 1 N–H and O–H groups in total. The van der Waals surface area contributed by atoms with Crippen LogP contribution in [0.5, 0.6) is 0 Å². The van der Waals surface area contributed by atoms with Crippen molar-refractivity contribution in [2.75, 3.05) is 19.6 Å². The molecule has 0 aromatic rings. The minimum absolute atomic E-state index is 0.716. The maximum Gasteiger partial charge on any atom is 0.00796 e. The summed E-state index contributed by atoms with van der Waals surface area (Å²) in [5.41, 5.74) is 0. The quantitative estimate of drug-likeness (QED) is 0.728. The van der Waals surface area contributed by atoms with Gasteiger partial charge in [0.25, 0.3) is 0 Å². The first-order valence-electron chi connectivity index (χ1n) is 6.16. The van der Waals surface area contributed by atoms with E-state index in [1.807, 2.05) is 0 Å². The molecule has 2 nitrogen and oxygen atoms in total. The summed E-state index contributed by atoms with van der Waals surface area (Å²) in [5, 5.41) is 3.53. The first-order chi connectivity index (χ1) is 6.69. The molecule has 2 heteroatoms. The Hall–Kier alpha value is -0.0800. The number of hydrogen-bond donors (Lipinski definition) is 1. The molecule has 1 aliphatic rings. The standard InChI is InChI=1S/C12H26N2/c1-5-10(3)14(6-2)9-12-7-8-13-11(12)4/h10-13H,5-9H2,1-4H3. The zero-order valence-electron chi connectivity index (χ0n) is 10.2. The highest BCUT2D eigenvalue weighted by molar-refractivity contribution is 4.83. The molecule has 0 spiro atoms. The summed E-state index contributed by atoms with van der Waals surface area (Å²) < 4.78 is 0. The maximum atomic E-state index is 3.53. The van der Waals surface area contributed by atoms with Crippen molar-refractivity contribution in [3.05, 3.63) is 0 Å². The van der Waals surface area contributed by atoms with Gasteiger partial charge in [-0.2, -0.15) is 0 Å². The van der Waals surface area contributed by atoms with Gasteiger partial charge in [-0.25, -0.2) is 0 Å². The number of nitrogens with zero attached hydrogens (tertiary/aromatic N) is 1. The molecule has 0 aliphatic carbocycles. The fourth-order valence-corrected chi connectivity index (χ4v) is 2.34. The summed E-state index contributed by atoms with van der Waals surface area (Å²) in [4.78, 5) is 2.62. The Balaban J connectivity index is 2.39. The summed E-state index contributed by atoms with van der Waals surface area (Å²) in [7, 11) is 0. The lowest BCUT2D eigenvalue weighted by molar-refractivity contribution is 0.177. The van der Waals surface area contributed by atoms with Gasteiger partial charge < -0.3 is 10.2 Å². The van der Waals surface area contributed by atoms with Crippen LogP contribution in [0.4, 0.5) is 0 Å². The molecule has 3 unspecified atom stereocenters. The van der Waals surface area contributed by atoms with Gasteiger partial charge in [-0.15, -0.1) is 0 Å². The van der Waals surface area contributed by atoms with E-state index in [1.165, 1.54) is 32.5 Å². The molecular formula is C12H26N2. The summed E-state index contributed by atoms with van der Waals surface area (Å²) in [6, 6.07) is 1.46. The average molecular weight is 198 g/mol. The number of rotatable bonds is 5. The smallest absolute Gasteiger partial charge is 0.00796 e.